The average Bonchev–Trinajstić information content (AvgIpc) is 2.37. The maximum absolute atomic E-state index is 12.7. The van der Waals surface area contributed by atoms with Gasteiger partial charge in [-0.05, 0) is 18.2 Å². The van der Waals surface area contributed by atoms with Gasteiger partial charge in [-0.2, -0.15) is 13.2 Å². The molecule has 0 aliphatic heterocycles. The number of anilines is 1. The number of hydrogen-bond donors (Lipinski definition) is 2. The number of nitrogens with one attached hydrogen (secondary N) is 1. The van der Waals surface area contributed by atoms with Gasteiger partial charge in [0.1, 0.15) is 0 Å². The van der Waals surface area contributed by atoms with Crippen LogP contribution in [0.4, 0.5) is 18.9 Å². The first-order valence-corrected chi connectivity index (χ1v) is 6.32. The highest BCUT2D eigenvalue weighted by atomic mass is 35.5. The number of benzene rings is 1. The summed E-state index contributed by atoms with van der Waals surface area (Å²) >= 11 is 5.46. The summed E-state index contributed by atoms with van der Waals surface area (Å²) in [6.45, 7) is 2.73. The molecule has 0 aliphatic rings. The Bertz CT molecular complexity index is 560. The number of amides is 1. The van der Waals surface area contributed by atoms with Crippen molar-refractivity contribution in [1.82, 2.24) is 0 Å². The summed E-state index contributed by atoms with van der Waals surface area (Å²) in [5, 5.41) is 10.6. The molecule has 2 atom stereocenters. The largest absolute Gasteiger partial charge is 0.481 e. The van der Waals surface area contributed by atoms with Crippen LogP contribution in [0.25, 0.3) is 0 Å². The van der Waals surface area contributed by atoms with Crippen LogP contribution in [0.1, 0.15) is 19.4 Å². The number of carbonyl (C=O) groups is 2. The first-order valence-electron chi connectivity index (χ1n) is 5.94. The van der Waals surface area contributed by atoms with Gasteiger partial charge < -0.3 is 10.4 Å². The Labute approximate surface area is 123 Å². The Hall–Kier alpha value is -1.76. The fourth-order valence-corrected chi connectivity index (χ4v) is 1.74. The minimum atomic E-state index is -4.64. The lowest BCUT2D eigenvalue weighted by atomic mass is 9.95. The highest BCUT2D eigenvalue weighted by Crippen LogP contribution is 2.36. The smallest absolute Gasteiger partial charge is 0.417 e. The first-order chi connectivity index (χ1) is 9.54. The average molecular weight is 324 g/mol. The van der Waals surface area contributed by atoms with Gasteiger partial charge in [0, 0.05) is 11.6 Å². The molecule has 0 radical (unpaired) electrons. The summed E-state index contributed by atoms with van der Waals surface area (Å²) < 4.78 is 38.1. The summed E-state index contributed by atoms with van der Waals surface area (Å²) in [6, 6.07) is 2.94. The van der Waals surface area contributed by atoms with Crippen molar-refractivity contribution in [2.45, 2.75) is 20.0 Å². The quantitative estimate of drug-likeness (QED) is 0.888. The predicted octanol–water partition coefficient (Wildman–Crippen LogP) is 3.65. The molecule has 0 spiro atoms. The molecule has 0 saturated heterocycles. The topological polar surface area (TPSA) is 66.4 Å². The molecule has 1 rings (SSSR count). The van der Waals surface area contributed by atoms with E-state index in [9.17, 15) is 22.8 Å². The molecule has 0 aromatic heterocycles. The van der Waals surface area contributed by atoms with Crippen LogP contribution in [0.5, 0.6) is 0 Å². The van der Waals surface area contributed by atoms with Gasteiger partial charge in [-0.25, -0.2) is 0 Å². The second-order valence-corrected chi connectivity index (χ2v) is 5.00. The number of rotatable bonds is 4. The molecule has 1 aromatic carbocycles. The van der Waals surface area contributed by atoms with Gasteiger partial charge in [0.05, 0.1) is 16.5 Å². The molecule has 0 bridgehead atoms. The minimum absolute atomic E-state index is 0.0961. The maximum atomic E-state index is 12.7. The Morgan fingerprint density at radius 1 is 1.24 bits per heavy atom. The molecule has 1 amide bonds. The predicted molar refractivity (Wildman–Crippen MR) is 71.0 cm³/mol. The zero-order chi connectivity index (χ0) is 16.4. The van der Waals surface area contributed by atoms with Crippen molar-refractivity contribution in [2.75, 3.05) is 5.32 Å². The lowest BCUT2D eigenvalue weighted by molar-refractivity contribution is -0.145. The third kappa shape index (κ3) is 4.35. The molecular formula is C13H13ClF3NO3. The van der Waals surface area contributed by atoms with Crippen molar-refractivity contribution >= 4 is 29.2 Å². The van der Waals surface area contributed by atoms with Crippen molar-refractivity contribution in [3.05, 3.63) is 28.8 Å². The van der Waals surface area contributed by atoms with Crippen LogP contribution < -0.4 is 5.32 Å². The number of aliphatic carboxylic acids is 1. The molecule has 0 fully saturated rings. The van der Waals surface area contributed by atoms with E-state index in [2.05, 4.69) is 5.32 Å². The molecule has 1 aromatic rings. The van der Waals surface area contributed by atoms with Crippen molar-refractivity contribution in [1.29, 1.82) is 0 Å². The summed E-state index contributed by atoms with van der Waals surface area (Å²) in [6.07, 6.45) is -4.64. The number of carboxylic acids is 1. The minimum Gasteiger partial charge on any atom is -0.481 e. The van der Waals surface area contributed by atoms with Gasteiger partial charge in [0.2, 0.25) is 5.91 Å². The third-order valence-electron chi connectivity index (χ3n) is 3.09. The number of hydrogen-bond acceptors (Lipinski definition) is 2. The van der Waals surface area contributed by atoms with E-state index in [1.54, 1.807) is 0 Å². The molecule has 2 unspecified atom stereocenters. The normalized spacial score (nSPS) is 14.4. The fourth-order valence-electron chi connectivity index (χ4n) is 1.52. The number of carbonyl (C=O) groups excluding carboxylic acids is 1. The van der Waals surface area contributed by atoms with E-state index >= 15 is 0 Å². The molecule has 0 saturated carbocycles. The van der Waals surface area contributed by atoms with Crippen LogP contribution in [0.2, 0.25) is 5.02 Å². The Morgan fingerprint density at radius 3 is 2.29 bits per heavy atom. The van der Waals surface area contributed by atoms with Crippen molar-refractivity contribution in [2.24, 2.45) is 11.8 Å². The molecule has 21 heavy (non-hydrogen) atoms. The van der Waals surface area contributed by atoms with Gasteiger partial charge in [0.15, 0.2) is 0 Å². The first kappa shape index (κ1) is 17.3. The highest BCUT2D eigenvalue weighted by molar-refractivity contribution is 6.31. The summed E-state index contributed by atoms with van der Waals surface area (Å²) in [4.78, 5) is 22.6. The van der Waals surface area contributed by atoms with Crippen molar-refractivity contribution in [3.63, 3.8) is 0 Å². The van der Waals surface area contributed by atoms with Crippen LogP contribution in [-0.2, 0) is 15.8 Å². The van der Waals surface area contributed by atoms with E-state index in [0.717, 1.165) is 6.07 Å². The van der Waals surface area contributed by atoms with E-state index in [4.69, 9.17) is 16.7 Å². The zero-order valence-electron chi connectivity index (χ0n) is 11.2. The molecule has 2 N–H and O–H groups in total. The van der Waals surface area contributed by atoms with Crippen LogP contribution >= 0.6 is 11.6 Å². The molecular weight excluding hydrogens is 311 g/mol. The van der Waals surface area contributed by atoms with Gasteiger partial charge in [-0.1, -0.05) is 25.4 Å². The number of halogens is 4. The van der Waals surface area contributed by atoms with E-state index in [1.165, 1.54) is 19.9 Å². The van der Waals surface area contributed by atoms with Gasteiger partial charge in [-0.15, -0.1) is 0 Å². The summed E-state index contributed by atoms with van der Waals surface area (Å²) in [5.74, 6) is -3.70. The zero-order valence-corrected chi connectivity index (χ0v) is 11.9. The number of carboxylic acid groups (broad SMARTS) is 1. The SMILES string of the molecule is CC(C(=O)O)C(C)C(=O)Nc1ccc(Cl)c(C(F)(F)F)c1. The van der Waals surface area contributed by atoms with Crippen LogP contribution in [0.15, 0.2) is 18.2 Å². The maximum Gasteiger partial charge on any atom is 0.417 e. The van der Waals surface area contributed by atoms with Crippen molar-refractivity contribution in [3.8, 4) is 0 Å². The van der Waals surface area contributed by atoms with Crippen LogP contribution in [0, 0.1) is 11.8 Å². The lowest BCUT2D eigenvalue weighted by Gasteiger charge is -2.17. The standard InChI is InChI=1S/C13H13ClF3NO3/c1-6(7(2)12(20)21)11(19)18-8-3-4-10(14)9(5-8)13(15,16)17/h3-7H,1-2H3,(H,18,19)(H,20,21). The second-order valence-electron chi connectivity index (χ2n) is 4.60. The lowest BCUT2D eigenvalue weighted by Crippen LogP contribution is -2.30. The summed E-state index contributed by atoms with van der Waals surface area (Å²) in [5.41, 5.74) is -1.16. The van der Waals surface area contributed by atoms with Gasteiger partial charge in [-0.3, -0.25) is 9.59 Å². The highest BCUT2D eigenvalue weighted by Gasteiger charge is 2.33. The molecule has 0 heterocycles. The van der Waals surface area contributed by atoms with E-state index in [1.807, 2.05) is 0 Å². The Morgan fingerprint density at radius 2 is 1.81 bits per heavy atom. The van der Waals surface area contributed by atoms with E-state index in [-0.39, 0.29) is 5.69 Å². The third-order valence-corrected chi connectivity index (χ3v) is 3.42. The molecule has 4 nitrogen and oxygen atoms in total. The Kier molecular flexibility index (Phi) is 5.22. The Balaban J connectivity index is 2.94. The van der Waals surface area contributed by atoms with E-state index < -0.39 is 40.5 Å². The van der Waals surface area contributed by atoms with Gasteiger partial charge >= 0.3 is 12.1 Å². The van der Waals surface area contributed by atoms with Crippen LogP contribution in [0.3, 0.4) is 0 Å². The second kappa shape index (κ2) is 6.34. The number of alkyl halides is 3. The summed E-state index contributed by atoms with van der Waals surface area (Å²) in [7, 11) is 0. The fraction of sp³-hybridized carbons (Fsp3) is 0.385. The van der Waals surface area contributed by atoms with Crippen molar-refractivity contribution < 1.29 is 27.9 Å². The molecule has 116 valence electrons. The van der Waals surface area contributed by atoms with Gasteiger partial charge in [0.25, 0.3) is 0 Å². The van der Waals surface area contributed by atoms with E-state index in [0.29, 0.717) is 6.07 Å². The van der Waals surface area contributed by atoms with Crippen LogP contribution in [-0.4, -0.2) is 17.0 Å². The molecule has 0 aliphatic carbocycles. The molecule has 8 heteroatoms. The monoisotopic (exact) mass is 323 g/mol.